The number of rotatable bonds is 7. The van der Waals surface area contributed by atoms with Gasteiger partial charge in [0.05, 0.1) is 12.5 Å². The molecule has 1 N–H and O–H groups in total. The van der Waals surface area contributed by atoms with Gasteiger partial charge in [-0.05, 0) is 24.2 Å². The number of hydrogen-bond donors (Lipinski definition) is 1. The Morgan fingerprint density at radius 1 is 1.29 bits per heavy atom. The Bertz CT molecular complexity index is 218. The molecular weight excluding hydrogens is 216 g/mol. The van der Waals surface area contributed by atoms with Crippen molar-refractivity contribution in [2.24, 2.45) is 17.3 Å². The third-order valence-corrected chi connectivity index (χ3v) is 3.20. The van der Waals surface area contributed by atoms with Crippen LogP contribution in [0.2, 0.25) is 0 Å². The Morgan fingerprint density at radius 2 is 1.88 bits per heavy atom. The predicted molar refractivity (Wildman–Crippen MR) is 69.7 cm³/mol. The number of aliphatic hydroxyl groups excluding tert-OH is 1. The van der Waals surface area contributed by atoms with Gasteiger partial charge in [0.2, 0.25) is 0 Å². The largest absolute Gasteiger partial charge is 0.465 e. The van der Waals surface area contributed by atoms with E-state index in [9.17, 15) is 4.79 Å². The van der Waals surface area contributed by atoms with Crippen LogP contribution in [0.25, 0.3) is 0 Å². The van der Waals surface area contributed by atoms with Gasteiger partial charge in [-0.25, -0.2) is 0 Å². The Labute approximate surface area is 106 Å². The molecule has 0 aromatic heterocycles. The van der Waals surface area contributed by atoms with Gasteiger partial charge < -0.3 is 9.84 Å². The Kier molecular flexibility index (Phi) is 7.44. The van der Waals surface area contributed by atoms with Crippen LogP contribution in [0.4, 0.5) is 0 Å². The van der Waals surface area contributed by atoms with E-state index in [1.807, 2.05) is 0 Å². The van der Waals surface area contributed by atoms with Crippen molar-refractivity contribution in [2.75, 3.05) is 13.2 Å². The lowest BCUT2D eigenvalue weighted by Gasteiger charge is -2.33. The molecule has 17 heavy (non-hydrogen) atoms. The molecule has 0 aromatic carbocycles. The number of ether oxygens (including phenoxy) is 1. The average molecular weight is 244 g/mol. The smallest absolute Gasteiger partial charge is 0.309 e. The molecule has 102 valence electrons. The summed E-state index contributed by atoms with van der Waals surface area (Å²) in [5, 5.41) is 8.66. The molecule has 0 aromatic rings. The van der Waals surface area contributed by atoms with E-state index in [1.165, 1.54) is 0 Å². The molecule has 0 bridgehead atoms. The van der Waals surface area contributed by atoms with Crippen molar-refractivity contribution in [3.8, 4) is 0 Å². The second-order valence-electron chi connectivity index (χ2n) is 5.83. The molecule has 0 radical (unpaired) electrons. The molecule has 0 fully saturated rings. The molecule has 0 rings (SSSR count). The van der Waals surface area contributed by atoms with Gasteiger partial charge in [0.1, 0.15) is 0 Å². The molecule has 0 saturated heterocycles. The Balaban J connectivity index is 4.35. The minimum Gasteiger partial charge on any atom is -0.465 e. The maximum absolute atomic E-state index is 12.1. The lowest BCUT2D eigenvalue weighted by Crippen LogP contribution is -2.35. The molecule has 0 spiro atoms. The van der Waals surface area contributed by atoms with E-state index >= 15 is 0 Å². The van der Waals surface area contributed by atoms with Crippen molar-refractivity contribution in [2.45, 2.75) is 53.9 Å². The van der Waals surface area contributed by atoms with Crippen molar-refractivity contribution >= 4 is 5.97 Å². The first kappa shape index (κ1) is 16.4. The van der Waals surface area contributed by atoms with Gasteiger partial charge in [-0.3, -0.25) is 4.79 Å². The van der Waals surface area contributed by atoms with Gasteiger partial charge in [-0.2, -0.15) is 0 Å². The van der Waals surface area contributed by atoms with Crippen LogP contribution >= 0.6 is 0 Å². The van der Waals surface area contributed by atoms with Crippen LogP contribution in [0.5, 0.6) is 0 Å². The predicted octanol–water partition coefficient (Wildman–Crippen LogP) is 3.01. The highest BCUT2D eigenvalue weighted by Gasteiger charge is 2.36. The highest BCUT2D eigenvalue weighted by atomic mass is 16.5. The molecule has 0 aliphatic rings. The Morgan fingerprint density at radius 3 is 2.29 bits per heavy atom. The molecule has 0 aliphatic heterocycles. The fraction of sp³-hybridized carbons (Fsp3) is 0.929. The van der Waals surface area contributed by atoms with Crippen molar-refractivity contribution in [1.82, 2.24) is 0 Å². The topological polar surface area (TPSA) is 46.5 Å². The molecule has 0 aliphatic carbocycles. The zero-order chi connectivity index (χ0) is 13.5. The number of aliphatic hydroxyl groups is 1. The first-order valence-corrected chi connectivity index (χ1v) is 6.62. The van der Waals surface area contributed by atoms with Gasteiger partial charge in [-0.15, -0.1) is 0 Å². The monoisotopic (exact) mass is 244 g/mol. The fourth-order valence-electron chi connectivity index (χ4n) is 2.15. The van der Waals surface area contributed by atoms with Crippen molar-refractivity contribution < 1.29 is 14.6 Å². The molecule has 0 heterocycles. The zero-order valence-electron chi connectivity index (χ0n) is 12.0. The number of unbranched alkanes of at least 4 members (excludes halogenated alkanes) is 1. The molecule has 2 atom stereocenters. The van der Waals surface area contributed by atoms with Crippen LogP contribution in [0.15, 0.2) is 0 Å². The summed E-state index contributed by atoms with van der Waals surface area (Å²) in [6.45, 7) is 11.0. The number of hydrogen-bond acceptors (Lipinski definition) is 3. The normalized spacial score (nSPS) is 15.4. The summed E-state index contributed by atoms with van der Waals surface area (Å²) in [6.07, 6.45) is 2.41. The van der Waals surface area contributed by atoms with E-state index in [0.717, 1.165) is 12.8 Å². The summed E-state index contributed by atoms with van der Waals surface area (Å²) in [6, 6.07) is 0. The summed E-state index contributed by atoms with van der Waals surface area (Å²) in [4.78, 5) is 12.1. The maximum atomic E-state index is 12.1. The van der Waals surface area contributed by atoms with E-state index in [-0.39, 0.29) is 23.9 Å². The third-order valence-electron chi connectivity index (χ3n) is 3.20. The van der Waals surface area contributed by atoms with Gasteiger partial charge >= 0.3 is 5.97 Å². The van der Waals surface area contributed by atoms with Crippen LogP contribution in [0, 0.1) is 17.3 Å². The minimum absolute atomic E-state index is 0.0540. The van der Waals surface area contributed by atoms with Crippen molar-refractivity contribution in [1.29, 1.82) is 0 Å². The summed E-state index contributed by atoms with van der Waals surface area (Å²) in [5.41, 5.74) is -0.0660. The first-order valence-electron chi connectivity index (χ1n) is 6.62. The van der Waals surface area contributed by atoms with Gasteiger partial charge in [0.25, 0.3) is 0 Å². The molecule has 0 saturated carbocycles. The van der Waals surface area contributed by atoms with Gasteiger partial charge in [-0.1, -0.05) is 41.0 Å². The van der Waals surface area contributed by atoms with Crippen LogP contribution in [0.3, 0.4) is 0 Å². The van der Waals surface area contributed by atoms with E-state index in [1.54, 1.807) is 0 Å². The van der Waals surface area contributed by atoms with E-state index < -0.39 is 0 Å². The lowest BCUT2D eigenvalue weighted by atomic mass is 9.73. The van der Waals surface area contributed by atoms with Crippen molar-refractivity contribution in [3.63, 3.8) is 0 Å². The SMILES string of the molecule is CCC(C)C(C(=O)OCCCCO)C(C)(C)C. The van der Waals surface area contributed by atoms with E-state index in [2.05, 4.69) is 34.6 Å². The van der Waals surface area contributed by atoms with Crippen LogP contribution in [0.1, 0.15) is 53.9 Å². The van der Waals surface area contributed by atoms with E-state index in [0.29, 0.717) is 18.9 Å². The standard InChI is InChI=1S/C14H28O3/c1-6-11(2)12(14(3,4)5)13(16)17-10-8-7-9-15/h11-12,15H,6-10H2,1-5H3. The minimum atomic E-state index is -0.0928. The number of carbonyl (C=O) groups excluding carboxylic acids is 1. The fourth-order valence-corrected chi connectivity index (χ4v) is 2.15. The zero-order valence-corrected chi connectivity index (χ0v) is 12.0. The van der Waals surface area contributed by atoms with Crippen LogP contribution in [-0.2, 0) is 9.53 Å². The maximum Gasteiger partial charge on any atom is 0.309 e. The second-order valence-corrected chi connectivity index (χ2v) is 5.83. The summed E-state index contributed by atoms with van der Waals surface area (Å²) >= 11 is 0. The summed E-state index contributed by atoms with van der Waals surface area (Å²) in [7, 11) is 0. The van der Waals surface area contributed by atoms with E-state index in [4.69, 9.17) is 9.84 Å². The summed E-state index contributed by atoms with van der Waals surface area (Å²) in [5.74, 6) is 0.187. The van der Waals surface area contributed by atoms with Gasteiger partial charge in [0, 0.05) is 6.61 Å². The highest BCUT2D eigenvalue weighted by Crippen LogP contribution is 2.34. The third kappa shape index (κ3) is 6.06. The Hall–Kier alpha value is -0.570. The summed E-state index contributed by atoms with van der Waals surface area (Å²) < 4.78 is 5.31. The van der Waals surface area contributed by atoms with Gasteiger partial charge in [0.15, 0.2) is 0 Å². The molecule has 0 amide bonds. The van der Waals surface area contributed by atoms with Crippen molar-refractivity contribution in [3.05, 3.63) is 0 Å². The van der Waals surface area contributed by atoms with Crippen LogP contribution < -0.4 is 0 Å². The lowest BCUT2D eigenvalue weighted by molar-refractivity contribution is -0.155. The van der Waals surface area contributed by atoms with Crippen LogP contribution in [-0.4, -0.2) is 24.3 Å². The number of carbonyl (C=O) groups is 1. The quantitative estimate of drug-likeness (QED) is 0.553. The molecule has 3 heteroatoms. The molecular formula is C14H28O3. The number of esters is 1. The second kappa shape index (κ2) is 7.70. The highest BCUT2D eigenvalue weighted by molar-refractivity contribution is 5.73. The average Bonchev–Trinajstić information content (AvgIpc) is 2.22. The molecule has 3 nitrogen and oxygen atoms in total. The first-order chi connectivity index (χ1) is 7.84. The molecule has 2 unspecified atom stereocenters.